The van der Waals surface area contributed by atoms with E-state index in [9.17, 15) is 33.6 Å². The van der Waals surface area contributed by atoms with E-state index in [0.717, 1.165) is 45.8 Å². The van der Waals surface area contributed by atoms with Gasteiger partial charge in [-0.05, 0) is 126 Å². The van der Waals surface area contributed by atoms with E-state index in [1.807, 2.05) is 88.6 Å². The molecule has 4 rings (SSSR count). The number of aromatic amines is 2. The number of hydrogen-bond acceptors (Lipinski definition) is 9. The molecule has 0 radical (unpaired) electrons. The molecule has 0 aliphatic heterocycles. The van der Waals surface area contributed by atoms with Crippen LogP contribution in [-0.2, 0) is 46.4 Å². The van der Waals surface area contributed by atoms with Crippen molar-refractivity contribution in [3.8, 4) is 0 Å². The van der Waals surface area contributed by atoms with Crippen LogP contribution in [-0.4, -0.2) is 106 Å². The van der Waals surface area contributed by atoms with Crippen LogP contribution in [0.1, 0.15) is 162 Å². The number of hydrogen-bond donors (Lipinski definition) is 12. The Morgan fingerprint density at radius 2 is 0.897 bits per heavy atom. The molecule has 19 heteroatoms. The highest BCUT2D eigenvalue weighted by Crippen LogP contribution is 2.23. The van der Waals surface area contributed by atoms with E-state index in [1.54, 1.807) is 6.92 Å². The first-order valence-corrected chi connectivity index (χ1v) is 28.4. The minimum Gasteiger partial charge on any atom is -0.370 e. The van der Waals surface area contributed by atoms with Gasteiger partial charge in [0.25, 0.3) is 0 Å². The highest BCUT2D eigenvalue weighted by molar-refractivity contribution is 5.85. The highest BCUT2D eigenvalue weighted by Gasteiger charge is 2.25. The van der Waals surface area contributed by atoms with Crippen molar-refractivity contribution in [1.82, 2.24) is 47.2 Å². The molecule has 0 aliphatic carbocycles. The Hall–Kier alpha value is -6.76. The molecule has 4 aromatic rings. The number of Topliss-reactive ketones (excluding diaryl/α,β-unsaturated/α-hetero) is 1. The summed E-state index contributed by atoms with van der Waals surface area (Å²) in [5.41, 5.74) is 15.3. The fraction of sp³-hybridized carbons (Fsp3) is 0.593. The number of H-pyrrole nitrogens is 2. The van der Waals surface area contributed by atoms with Crippen LogP contribution in [0.4, 0.5) is 0 Å². The third-order valence-corrected chi connectivity index (χ3v) is 14.5. The predicted molar refractivity (Wildman–Crippen MR) is 309 cm³/mol. The van der Waals surface area contributed by atoms with Crippen molar-refractivity contribution in [3.63, 3.8) is 0 Å². The van der Waals surface area contributed by atoms with Crippen LogP contribution in [0.25, 0.3) is 21.8 Å². The lowest BCUT2D eigenvalue weighted by Crippen LogP contribution is -2.43. The van der Waals surface area contributed by atoms with E-state index in [4.69, 9.17) is 16.9 Å². The Bertz CT molecular complexity index is 2540. The fourth-order valence-electron chi connectivity index (χ4n) is 10.0. The summed E-state index contributed by atoms with van der Waals surface area (Å²) in [6.45, 7) is 12.0. The van der Waals surface area contributed by atoms with Gasteiger partial charge >= 0.3 is 0 Å². The number of aromatic nitrogens is 2. The number of carbonyl (C=O) groups excluding carboxylic acids is 7. The van der Waals surface area contributed by atoms with Gasteiger partial charge in [-0.2, -0.15) is 0 Å². The number of unbranched alkanes of at least 4 members (excludes halogenated alkanes) is 1. The molecule has 430 valence electrons. The molecule has 6 atom stereocenters. The molecule has 0 saturated carbocycles. The predicted octanol–water partition coefficient (Wildman–Crippen LogP) is 6.34. The summed E-state index contributed by atoms with van der Waals surface area (Å²) in [5, 5.41) is 31.2. The topological polar surface area (TPSA) is 311 Å². The van der Waals surface area contributed by atoms with Crippen molar-refractivity contribution in [1.29, 1.82) is 5.41 Å². The van der Waals surface area contributed by atoms with Crippen LogP contribution in [0, 0.1) is 17.2 Å². The first-order chi connectivity index (χ1) is 37.3. The third kappa shape index (κ3) is 24.3. The SMILES string of the molecule is CC(=O)CC[C@H](Cc1c[nH]c2ccccc12)NC(=O)CC[C@H](CCCNC(=N)N)NC(=O)CC[C@@H](NC(=O)CC[C@H](Cc1c[nH]c2ccccc12)NC(=O)CC[C@H](CCCCN)NC(=O)CC[C@@H](NC(C)=O)C(C)C)C(C)C. The molecule has 2 aromatic heterocycles. The molecule has 0 saturated heterocycles. The van der Waals surface area contributed by atoms with Gasteiger partial charge in [-0.25, -0.2) is 0 Å². The second-order valence-corrected chi connectivity index (χ2v) is 21.9. The summed E-state index contributed by atoms with van der Waals surface area (Å²) in [7, 11) is 0. The van der Waals surface area contributed by atoms with E-state index >= 15 is 0 Å². The molecule has 0 spiro atoms. The second-order valence-electron chi connectivity index (χ2n) is 21.9. The number of carbonyl (C=O) groups is 7. The zero-order valence-electron chi connectivity index (χ0n) is 47.3. The molecule has 0 unspecified atom stereocenters. The van der Waals surface area contributed by atoms with Crippen LogP contribution < -0.4 is 48.7 Å². The quantitative estimate of drug-likeness (QED) is 0.0134. The van der Waals surface area contributed by atoms with Crippen molar-refractivity contribution >= 4 is 69.0 Å². The average Bonchev–Trinajstić information content (AvgIpc) is 4.00. The number of rotatable bonds is 38. The summed E-state index contributed by atoms with van der Waals surface area (Å²) in [6, 6.07) is 14.2. The van der Waals surface area contributed by atoms with Gasteiger partial charge in [-0.15, -0.1) is 0 Å². The van der Waals surface area contributed by atoms with Gasteiger partial charge in [-0.1, -0.05) is 70.5 Å². The number of para-hydroxylation sites is 2. The summed E-state index contributed by atoms with van der Waals surface area (Å²) in [6.07, 6.45) is 12.0. The van der Waals surface area contributed by atoms with E-state index in [1.165, 1.54) is 6.92 Å². The minimum atomic E-state index is -0.381. The van der Waals surface area contributed by atoms with Gasteiger partial charge in [0.1, 0.15) is 5.78 Å². The van der Waals surface area contributed by atoms with Crippen molar-refractivity contribution in [2.45, 2.75) is 200 Å². The monoisotopic (exact) mass is 1080 g/mol. The van der Waals surface area contributed by atoms with E-state index in [2.05, 4.69) is 47.2 Å². The lowest BCUT2D eigenvalue weighted by Gasteiger charge is -2.25. The molecule has 6 amide bonds. The molecule has 14 N–H and O–H groups in total. The van der Waals surface area contributed by atoms with Gasteiger partial charge in [-0.3, -0.25) is 34.2 Å². The largest absolute Gasteiger partial charge is 0.370 e. The van der Waals surface area contributed by atoms with Crippen LogP contribution in [0.3, 0.4) is 0 Å². The Morgan fingerprint density at radius 3 is 1.33 bits per heavy atom. The Morgan fingerprint density at radius 1 is 0.500 bits per heavy atom. The van der Waals surface area contributed by atoms with Gasteiger partial charge in [0.15, 0.2) is 5.96 Å². The number of benzene rings is 2. The minimum absolute atomic E-state index is 0.00737. The van der Waals surface area contributed by atoms with Crippen molar-refractivity contribution in [3.05, 3.63) is 72.1 Å². The summed E-state index contributed by atoms with van der Waals surface area (Å²) in [4.78, 5) is 98.2. The van der Waals surface area contributed by atoms with Crippen LogP contribution in [0.5, 0.6) is 0 Å². The lowest BCUT2D eigenvalue weighted by atomic mass is 9.97. The zero-order chi connectivity index (χ0) is 57.0. The van der Waals surface area contributed by atoms with Crippen molar-refractivity contribution in [2.75, 3.05) is 13.1 Å². The fourth-order valence-corrected chi connectivity index (χ4v) is 10.0. The standard InChI is InChI=1S/C59H92N12O7/c1-38(2)50(66-41(6)73)25-30-56(76)67-44(14-11-12-32-60)22-27-55(75)70-47(35-43-37-65-53-19-10-8-17-49(43)53)24-29-58(78)71-51(39(3)4)26-31-57(77)68-45(15-13-33-63-59(61)62)23-28-54(74)69-46(21-20-40(5)72)34-42-36-64-52-18-9-7-16-48(42)52/h7-10,16-19,36-39,44-47,50-51,64-65H,11-15,20-35,60H2,1-6H3,(H,66,73)(H,67,76)(H,68,77)(H,69,74)(H,70,75)(H,71,78)(H4,61,62,63)/t44-,45-,46+,47+,50+,51+/m0/s1. The number of fused-ring (bicyclic) bond motifs is 2. The van der Waals surface area contributed by atoms with Gasteiger partial charge in [0.2, 0.25) is 35.4 Å². The first-order valence-electron chi connectivity index (χ1n) is 28.4. The van der Waals surface area contributed by atoms with Crippen molar-refractivity contribution < 1.29 is 33.6 Å². The van der Waals surface area contributed by atoms with Gasteiger partial charge in [0.05, 0.1) is 0 Å². The number of amides is 6. The normalized spacial score (nSPS) is 13.8. The summed E-state index contributed by atoms with van der Waals surface area (Å²) in [5.74, 6) is -0.948. The lowest BCUT2D eigenvalue weighted by molar-refractivity contribution is -0.125. The Balaban J connectivity index is 1.35. The molecule has 0 bridgehead atoms. The van der Waals surface area contributed by atoms with E-state index < -0.39 is 0 Å². The van der Waals surface area contributed by atoms with E-state index in [-0.39, 0.29) is 127 Å². The molecule has 19 nitrogen and oxygen atoms in total. The molecule has 0 fully saturated rings. The van der Waals surface area contributed by atoms with Crippen LogP contribution >= 0.6 is 0 Å². The Labute approximate surface area is 461 Å². The zero-order valence-corrected chi connectivity index (χ0v) is 47.3. The highest BCUT2D eigenvalue weighted by atomic mass is 16.2. The van der Waals surface area contributed by atoms with Crippen LogP contribution in [0.2, 0.25) is 0 Å². The maximum absolute atomic E-state index is 13.8. The molecule has 2 heterocycles. The number of nitrogens with two attached hydrogens (primary N) is 2. The summed E-state index contributed by atoms with van der Waals surface area (Å²) >= 11 is 0. The first kappa shape index (κ1) is 63.8. The number of nitrogens with one attached hydrogen (secondary N) is 10. The molecule has 0 aliphatic rings. The molecule has 78 heavy (non-hydrogen) atoms. The van der Waals surface area contributed by atoms with Crippen molar-refractivity contribution in [2.24, 2.45) is 23.3 Å². The van der Waals surface area contributed by atoms with Gasteiger partial charge in [0, 0.05) is 122 Å². The molecule has 2 aromatic carbocycles. The maximum Gasteiger partial charge on any atom is 0.220 e. The molecular weight excluding hydrogens is 989 g/mol. The molecular formula is C59H92N12O7. The number of ketones is 1. The Kier molecular flexibility index (Phi) is 28.0. The smallest absolute Gasteiger partial charge is 0.220 e. The maximum atomic E-state index is 13.8. The third-order valence-electron chi connectivity index (χ3n) is 14.5. The van der Waals surface area contributed by atoms with Crippen LogP contribution in [0.15, 0.2) is 60.9 Å². The second kappa shape index (κ2) is 34.2. The van der Waals surface area contributed by atoms with Gasteiger partial charge < -0.3 is 63.4 Å². The average molecular weight is 1080 g/mol. The van der Waals surface area contributed by atoms with E-state index in [0.29, 0.717) is 90.1 Å². The number of guanidine groups is 1. The summed E-state index contributed by atoms with van der Waals surface area (Å²) < 4.78 is 0.